The minimum absolute atomic E-state index is 0.000696. The third-order valence-corrected chi connectivity index (χ3v) is 2.09. The summed E-state index contributed by atoms with van der Waals surface area (Å²) in [4.78, 5) is 10.8. The summed E-state index contributed by atoms with van der Waals surface area (Å²) in [7, 11) is 0. The van der Waals surface area contributed by atoms with Crippen LogP contribution in [-0.2, 0) is 9.53 Å². The molecule has 0 amide bonds. The van der Waals surface area contributed by atoms with Crippen LogP contribution in [0.25, 0.3) is 0 Å². The zero-order valence-electron chi connectivity index (χ0n) is 7.32. The first-order chi connectivity index (χ1) is 6.41. The number of allylic oxidation sites excluding steroid dienone is 2. The topological polar surface area (TPSA) is 26.3 Å². The summed E-state index contributed by atoms with van der Waals surface area (Å²) in [6.07, 6.45) is -2.08. The molecule has 1 atom stereocenters. The van der Waals surface area contributed by atoms with Crippen molar-refractivity contribution in [2.24, 2.45) is 0 Å². The molecular weight excluding hydrogens is 221 g/mol. The van der Waals surface area contributed by atoms with Crippen LogP contribution < -0.4 is 0 Å². The van der Waals surface area contributed by atoms with Crippen LogP contribution in [0.2, 0.25) is 0 Å². The molecule has 1 unspecified atom stereocenters. The summed E-state index contributed by atoms with van der Waals surface area (Å²) in [6.45, 7) is 1.69. The van der Waals surface area contributed by atoms with Crippen molar-refractivity contribution in [3.63, 3.8) is 0 Å². The van der Waals surface area contributed by atoms with Gasteiger partial charge in [-0.2, -0.15) is 8.78 Å². The number of esters is 1. The van der Waals surface area contributed by atoms with Crippen molar-refractivity contribution in [3.8, 4) is 0 Å². The highest BCUT2D eigenvalue weighted by Gasteiger charge is 2.60. The molecule has 2 nitrogen and oxygen atoms in total. The zero-order chi connectivity index (χ0) is 10.9. The predicted octanol–water partition coefficient (Wildman–Crippen LogP) is 2.77. The van der Waals surface area contributed by atoms with Gasteiger partial charge in [-0.25, -0.2) is 4.39 Å². The van der Waals surface area contributed by atoms with E-state index in [1.807, 2.05) is 0 Å². The van der Waals surface area contributed by atoms with Gasteiger partial charge in [0.2, 0.25) is 6.17 Å². The van der Waals surface area contributed by atoms with E-state index in [1.54, 1.807) is 6.92 Å². The standard InChI is InChI=1S/C8H8ClF3O2/c1-2-3-4(13)14-7-5(9)6(10)8(7,11)12/h6H,2-3H2,1H3. The summed E-state index contributed by atoms with van der Waals surface area (Å²) in [6, 6.07) is 0. The van der Waals surface area contributed by atoms with Gasteiger partial charge in [0.25, 0.3) is 0 Å². The van der Waals surface area contributed by atoms with E-state index < -0.39 is 28.9 Å². The third-order valence-electron chi connectivity index (χ3n) is 1.73. The fourth-order valence-corrected chi connectivity index (χ4v) is 1.26. The molecule has 0 aromatic rings. The maximum Gasteiger partial charge on any atom is 0.341 e. The normalized spacial score (nSPS) is 24.5. The number of hydrogen-bond donors (Lipinski definition) is 0. The van der Waals surface area contributed by atoms with E-state index in [-0.39, 0.29) is 6.42 Å². The van der Waals surface area contributed by atoms with Crippen molar-refractivity contribution in [1.29, 1.82) is 0 Å². The maximum absolute atomic E-state index is 12.7. The van der Waals surface area contributed by atoms with Crippen LogP contribution in [0.1, 0.15) is 19.8 Å². The molecule has 1 rings (SSSR count). The highest BCUT2D eigenvalue weighted by Crippen LogP contribution is 2.48. The Morgan fingerprint density at radius 2 is 2.21 bits per heavy atom. The average molecular weight is 229 g/mol. The Morgan fingerprint density at radius 3 is 2.64 bits per heavy atom. The van der Waals surface area contributed by atoms with E-state index in [1.165, 1.54) is 0 Å². The molecule has 0 N–H and O–H groups in total. The Labute approximate surface area is 83.7 Å². The van der Waals surface area contributed by atoms with Gasteiger partial charge < -0.3 is 4.74 Å². The Bertz CT molecular complexity index is 288. The number of hydrogen-bond acceptors (Lipinski definition) is 2. The summed E-state index contributed by atoms with van der Waals surface area (Å²) in [5.41, 5.74) is 0. The first kappa shape index (κ1) is 11.4. The molecule has 0 saturated heterocycles. The van der Waals surface area contributed by atoms with E-state index in [0.717, 1.165) is 0 Å². The molecule has 0 spiro atoms. The molecule has 6 heteroatoms. The molecule has 0 radical (unpaired) electrons. The molecule has 0 fully saturated rings. The zero-order valence-corrected chi connectivity index (χ0v) is 8.08. The van der Waals surface area contributed by atoms with Crippen LogP contribution in [0.3, 0.4) is 0 Å². The molecule has 0 aromatic heterocycles. The van der Waals surface area contributed by atoms with Crippen LogP contribution in [0.5, 0.6) is 0 Å². The van der Waals surface area contributed by atoms with Crippen LogP contribution >= 0.6 is 11.6 Å². The van der Waals surface area contributed by atoms with Crippen LogP contribution in [0, 0.1) is 0 Å². The molecule has 0 aromatic carbocycles. The molecule has 0 saturated carbocycles. The second-order valence-electron chi connectivity index (χ2n) is 2.89. The summed E-state index contributed by atoms with van der Waals surface area (Å²) in [5, 5.41) is -0.723. The molecule has 1 aliphatic rings. The van der Waals surface area contributed by atoms with Crippen molar-refractivity contribution in [1.82, 2.24) is 0 Å². The van der Waals surface area contributed by atoms with Crippen molar-refractivity contribution in [2.45, 2.75) is 31.9 Å². The van der Waals surface area contributed by atoms with E-state index in [2.05, 4.69) is 4.74 Å². The smallest absolute Gasteiger partial charge is 0.341 e. The lowest BCUT2D eigenvalue weighted by atomic mass is 10.00. The largest absolute Gasteiger partial charge is 0.423 e. The van der Waals surface area contributed by atoms with Crippen molar-refractivity contribution >= 4 is 17.6 Å². The molecule has 1 aliphatic carbocycles. The van der Waals surface area contributed by atoms with Crippen molar-refractivity contribution < 1.29 is 22.7 Å². The summed E-state index contributed by atoms with van der Waals surface area (Å²) in [5.74, 6) is -5.64. The van der Waals surface area contributed by atoms with Gasteiger partial charge in [-0.3, -0.25) is 4.79 Å². The predicted molar refractivity (Wildman–Crippen MR) is 43.7 cm³/mol. The highest BCUT2D eigenvalue weighted by atomic mass is 35.5. The minimum Gasteiger partial charge on any atom is -0.423 e. The van der Waals surface area contributed by atoms with Crippen molar-refractivity contribution in [2.75, 3.05) is 0 Å². The van der Waals surface area contributed by atoms with Gasteiger partial charge >= 0.3 is 11.9 Å². The SMILES string of the molecule is CCCC(=O)OC1=C(Cl)C(F)C1(F)F. The van der Waals surface area contributed by atoms with E-state index in [0.29, 0.717) is 6.42 Å². The Hall–Kier alpha value is -0.710. The number of rotatable bonds is 3. The minimum atomic E-state index is -3.76. The quantitative estimate of drug-likeness (QED) is 0.695. The third kappa shape index (κ3) is 1.73. The lowest BCUT2D eigenvalue weighted by Gasteiger charge is -2.31. The Balaban J connectivity index is 2.67. The second kappa shape index (κ2) is 3.81. The lowest BCUT2D eigenvalue weighted by molar-refractivity contribution is -0.153. The summed E-state index contributed by atoms with van der Waals surface area (Å²) < 4.78 is 42.0. The Kier molecular flexibility index (Phi) is 3.09. The molecule has 80 valence electrons. The van der Waals surface area contributed by atoms with Gasteiger partial charge in [-0.05, 0) is 6.42 Å². The molecule has 0 bridgehead atoms. The number of ether oxygens (including phenoxy) is 1. The fraction of sp³-hybridized carbons (Fsp3) is 0.625. The number of alkyl halides is 3. The monoisotopic (exact) mass is 228 g/mol. The first-order valence-corrected chi connectivity index (χ1v) is 4.41. The van der Waals surface area contributed by atoms with Gasteiger partial charge in [0.1, 0.15) is 5.03 Å². The number of carbonyl (C=O) groups is 1. The van der Waals surface area contributed by atoms with Crippen LogP contribution in [-0.4, -0.2) is 18.1 Å². The molecule has 14 heavy (non-hydrogen) atoms. The van der Waals surface area contributed by atoms with Gasteiger partial charge in [-0.15, -0.1) is 0 Å². The van der Waals surface area contributed by atoms with Crippen LogP contribution in [0.4, 0.5) is 13.2 Å². The van der Waals surface area contributed by atoms with E-state index in [4.69, 9.17) is 11.6 Å². The van der Waals surface area contributed by atoms with Gasteiger partial charge in [0, 0.05) is 6.42 Å². The molecular formula is C8H8ClF3O2. The second-order valence-corrected chi connectivity index (χ2v) is 3.29. The van der Waals surface area contributed by atoms with Gasteiger partial charge in [0.15, 0.2) is 5.76 Å². The maximum atomic E-state index is 12.7. The highest BCUT2D eigenvalue weighted by molar-refractivity contribution is 6.31. The van der Waals surface area contributed by atoms with Crippen LogP contribution in [0.15, 0.2) is 10.8 Å². The Morgan fingerprint density at radius 1 is 1.64 bits per heavy atom. The van der Waals surface area contributed by atoms with E-state index >= 15 is 0 Å². The molecule has 0 heterocycles. The van der Waals surface area contributed by atoms with Gasteiger partial charge in [-0.1, -0.05) is 18.5 Å². The van der Waals surface area contributed by atoms with E-state index in [9.17, 15) is 18.0 Å². The molecule has 0 aliphatic heterocycles. The number of carbonyl (C=O) groups excluding carboxylic acids is 1. The average Bonchev–Trinajstić information content (AvgIpc) is 2.13. The number of halogens is 4. The summed E-state index contributed by atoms with van der Waals surface area (Å²) >= 11 is 5.14. The van der Waals surface area contributed by atoms with Gasteiger partial charge in [0.05, 0.1) is 0 Å². The first-order valence-electron chi connectivity index (χ1n) is 4.04. The lowest BCUT2D eigenvalue weighted by Crippen LogP contribution is -2.44. The fourth-order valence-electron chi connectivity index (χ4n) is 0.957. The van der Waals surface area contributed by atoms with Crippen molar-refractivity contribution in [3.05, 3.63) is 10.8 Å².